The van der Waals surface area contributed by atoms with Gasteiger partial charge in [0.2, 0.25) is 10.0 Å². The number of benzene rings is 1. The molecule has 0 amide bonds. The van der Waals surface area contributed by atoms with Gasteiger partial charge in [-0.05, 0) is 0 Å². The van der Waals surface area contributed by atoms with Crippen LogP contribution in [0.4, 0.5) is 5.69 Å². The summed E-state index contributed by atoms with van der Waals surface area (Å²) in [6.45, 7) is 0.811. The van der Waals surface area contributed by atoms with Crippen LogP contribution in [-0.4, -0.2) is 45.3 Å². The summed E-state index contributed by atoms with van der Waals surface area (Å²) in [7, 11) is -3.93. The molecule has 112 valence electrons. The zero-order valence-electron chi connectivity index (χ0n) is 10.5. The summed E-state index contributed by atoms with van der Waals surface area (Å²) in [6.07, 6.45) is -0.807. The maximum atomic E-state index is 11.6. The molecule has 0 saturated carbocycles. The summed E-state index contributed by atoms with van der Waals surface area (Å²) in [5, 5.41) is 17.4. The predicted octanol–water partition coefficient (Wildman–Crippen LogP) is 0.117. The van der Waals surface area contributed by atoms with Crippen molar-refractivity contribution >= 4 is 27.3 Å². The highest BCUT2D eigenvalue weighted by atomic mass is 35.5. The lowest BCUT2D eigenvalue weighted by Gasteiger charge is -2.21. The number of nitrogens with two attached hydrogens (primary N) is 1. The second-order valence-corrected chi connectivity index (χ2v) is 6.06. The summed E-state index contributed by atoms with van der Waals surface area (Å²) in [5.74, 6) is 0.776. The minimum atomic E-state index is -3.93. The molecule has 9 heteroatoms. The van der Waals surface area contributed by atoms with Crippen LogP contribution >= 0.6 is 11.6 Å². The van der Waals surface area contributed by atoms with Crippen LogP contribution in [0.5, 0.6) is 11.5 Å². The maximum absolute atomic E-state index is 11.6. The molecule has 0 fully saturated rings. The number of nitrogens with one attached hydrogen (secondary N) is 1. The Morgan fingerprint density at radius 3 is 2.50 bits per heavy atom. The summed E-state index contributed by atoms with van der Waals surface area (Å²) < 4.78 is 33.9. The third kappa shape index (κ3) is 3.45. The van der Waals surface area contributed by atoms with E-state index in [1.807, 2.05) is 0 Å². The lowest BCUT2D eigenvalue weighted by molar-refractivity contribution is 0.171. The monoisotopic (exact) mass is 322 g/mol. The summed E-state index contributed by atoms with van der Waals surface area (Å²) in [6, 6.07) is 2.79. The topological polar surface area (TPSA) is 111 Å². The number of sulfonamides is 1. The van der Waals surface area contributed by atoms with E-state index in [1.54, 1.807) is 0 Å². The third-order valence-corrected chi connectivity index (χ3v) is 3.96. The molecule has 20 heavy (non-hydrogen) atoms. The fourth-order valence-electron chi connectivity index (χ4n) is 1.73. The average molecular weight is 323 g/mol. The second kappa shape index (κ2) is 6.04. The normalized spacial score (nSPS) is 15.8. The molecule has 4 N–H and O–H groups in total. The molecule has 1 aromatic rings. The first-order chi connectivity index (χ1) is 9.41. The van der Waals surface area contributed by atoms with Crippen molar-refractivity contribution in [3.8, 4) is 11.5 Å². The smallest absolute Gasteiger partial charge is 0.240 e. The largest absolute Gasteiger partial charge is 0.486 e. The van der Waals surface area contributed by atoms with Crippen molar-refractivity contribution in [3.05, 3.63) is 12.1 Å². The number of fused-ring (bicyclic) bond motifs is 1. The Bertz CT molecular complexity index is 593. The van der Waals surface area contributed by atoms with Gasteiger partial charge in [-0.3, -0.25) is 0 Å². The zero-order valence-corrected chi connectivity index (χ0v) is 12.1. The zero-order chi connectivity index (χ0) is 14.8. The molecule has 1 atom stereocenters. The molecule has 0 bridgehead atoms. The first-order valence-electron chi connectivity index (χ1n) is 5.86. The van der Waals surface area contributed by atoms with E-state index in [0.717, 1.165) is 0 Å². The lowest BCUT2D eigenvalue weighted by Crippen LogP contribution is -2.24. The fraction of sp³-hybridized carbons (Fsp3) is 0.455. The maximum Gasteiger partial charge on any atom is 0.240 e. The predicted molar refractivity (Wildman–Crippen MR) is 74.0 cm³/mol. The first kappa shape index (κ1) is 15.2. The number of ether oxygens (including phenoxy) is 2. The van der Waals surface area contributed by atoms with Gasteiger partial charge in [0.15, 0.2) is 11.5 Å². The Labute approximate surface area is 121 Å². The second-order valence-electron chi connectivity index (χ2n) is 4.23. The van der Waals surface area contributed by atoms with Gasteiger partial charge in [-0.15, -0.1) is 11.6 Å². The van der Waals surface area contributed by atoms with Gasteiger partial charge in [0, 0.05) is 18.7 Å². The van der Waals surface area contributed by atoms with Crippen LogP contribution in [0, 0.1) is 0 Å². The number of rotatable bonds is 5. The van der Waals surface area contributed by atoms with E-state index in [2.05, 4.69) is 5.32 Å². The van der Waals surface area contributed by atoms with Crippen molar-refractivity contribution in [3.63, 3.8) is 0 Å². The molecule has 1 aromatic carbocycles. The molecule has 7 nitrogen and oxygen atoms in total. The number of hydrogen-bond donors (Lipinski definition) is 3. The quantitative estimate of drug-likeness (QED) is 0.664. The van der Waals surface area contributed by atoms with Gasteiger partial charge in [0.05, 0.1) is 17.7 Å². The van der Waals surface area contributed by atoms with Crippen LogP contribution in [0.15, 0.2) is 17.0 Å². The van der Waals surface area contributed by atoms with Crippen LogP contribution < -0.4 is 19.9 Å². The highest BCUT2D eigenvalue weighted by Gasteiger charge is 2.21. The van der Waals surface area contributed by atoms with E-state index in [0.29, 0.717) is 24.7 Å². The minimum Gasteiger partial charge on any atom is -0.486 e. The fourth-order valence-corrected chi connectivity index (χ4v) is 2.54. The van der Waals surface area contributed by atoms with Crippen LogP contribution in [0.3, 0.4) is 0 Å². The average Bonchev–Trinajstić information content (AvgIpc) is 2.42. The molecule has 1 aliphatic heterocycles. The van der Waals surface area contributed by atoms with Gasteiger partial charge < -0.3 is 19.9 Å². The Morgan fingerprint density at radius 2 is 1.95 bits per heavy atom. The van der Waals surface area contributed by atoms with Crippen molar-refractivity contribution < 1.29 is 23.0 Å². The molecule has 0 aliphatic carbocycles. The van der Waals surface area contributed by atoms with Gasteiger partial charge >= 0.3 is 0 Å². The highest BCUT2D eigenvalue weighted by molar-refractivity contribution is 7.89. The van der Waals surface area contributed by atoms with Gasteiger partial charge in [0.1, 0.15) is 18.1 Å². The number of aliphatic hydroxyl groups is 1. The highest BCUT2D eigenvalue weighted by Crippen LogP contribution is 2.37. The van der Waals surface area contributed by atoms with Gasteiger partial charge in [-0.25, -0.2) is 13.6 Å². The standard InChI is InChI=1S/C11H15ClN2O5S/c12-5-7(15)6-14-8-3-9-10(19-2-1-18-9)4-11(8)20(13,16)17/h3-4,7,14-15H,1-2,5-6H2,(H2,13,16,17). The van der Waals surface area contributed by atoms with E-state index in [9.17, 15) is 13.5 Å². The number of halogens is 1. The van der Waals surface area contributed by atoms with E-state index in [1.165, 1.54) is 12.1 Å². The number of hydrogen-bond acceptors (Lipinski definition) is 6. The minimum absolute atomic E-state index is 0.0300. The van der Waals surface area contributed by atoms with Crippen LogP contribution in [-0.2, 0) is 10.0 Å². The molecule has 0 saturated heterocycles. The van der Waals surface area contributed by atoms with Crippen molar-refractivity contribution in [2.24, 2.45) is 5.14 Å². The molecule has 1 heterocycles. The van der Waals surface area contributed by atoms with Gasteiger partial charge in [0.25, 0.3) is 0 Å². The van der Waals surface area contributed by atoms with E-state index < -0.39 is 16.1 Å². The summed E-state index contributed by atoms with van der Waals surface area (Å²) in [4.78, 5) is -0.122. The number of anilines is 1. The molecule has 0 aromatic heterocycles. The Morgan fingerprint density at radius 1 is 1.35 bits per heavy atom. The van der Waals surface area contributed by atoms with E-state index in [4.69, 9.17) is 26.2 Å². The van der Waals surface area contributed by atoms with Crippen molar-refractivity contribution in [2.45, 2.75) is 11.0 Å². The number of alkyl halides is 1. The Hall–Kier alpha value is -1.22. The van der Waals surface area contributed by atoms with Gasteiger partial charge in [-0.2, -0.15) is 0 Å². The summed E-state index contributed by atoms with van der Waals surface area (Å²) in [5.41, 5.74) is 0.237. The van der Waals surface area contributed by atoms with E-state index >= 15 is 0 Å². The van der Waals surface area contributed by atoms with E-state index in [-0.39, 0.29) is 23.0 Å². The molecule has 2 rings (SSSR count). The van der Waals surface area contributed by atoms with Crippen LogP contribution in [0.25, 0.3) is 0 Å². The molecule has 0 radical (unpaired) electrons. The first-order valence-corrected chi connectivity index (χ1v) is 7.94. The van der Waals surface area contributed by atoms with Crippen molar-refractivity contribution in [2.75, 3.05) is 31.0 Å². The molecule has 0 spiro atoms. The van der Waals surface area contributed by atoms with Crippen LogP contribution in [0.2, 0.25) is 0 Å². The Kier molecular flexibility index (Phi) is 4.59. The van der Waals surface area contributed by atoms with Crippen LogP contribution in [0.1, 0.15) is 0 Å². The van der Waals surface area contributed by atoms with Crippen molar-refractivity contribution in [1.29, 1.82) is 0 Å². The lowest BCUT2D eigenvalue weighted by atomic mass is 10.2. The molecular weight excluding hydrogens is 308 g/mol. The Balaban J connectivity index is 2.37. The number of primary sulfonamides is 1. The third-order valence-electron chi connectivity index (χ3n) is 2.66. The SMILES string of the molecule is NS(=O)(=O)c1cc2c(cc1NCC(O)CCl)OCCO2. The molecule has 1 unspecified atom stereocenters. The van der Waals surface area contributed by atoms with Gasteiger partial charge in [-0.1, -0.05) is 0 Å². The molecule has 1 aliphatic rings. The summed E-state index contributed by atoms with van der Waals surface area (Å²) >= 11 is 5.49. The number of aliphatic hydroxyl groups excluding tert-OH is 1. The molecular formula is C11H15ClN2O5S. The van der Waals surface area contributed by atoms with Crippen molar-refractivity contribution in [1.82, 2.24) is 0 Å².